The fourth-order valence-electron chi connectivity index (χ4n) is 1.88. The number of nitrogens with one attached hydrogen (secondary N) is 2. The van der Waals surface area contributed by atoms with Gasteiger partial charge in [0.25, 0.3) is 0 Å². The van der Waals surface area contributed by atoms with Crippen molar-refractivity contribution in [1.82, 2.24) is 20.4 Å². The first kappa shape index (κ1) is 14.4. The van der Waals surface area contributed by atoms with Gasteiger partial charge in [0.05, 0.1) is 6.54 Å². The maximum Gasteiger partial charge on any atom is 0.321 e. The van der Waals surface area contributed by atoms with Gasteiger partial charge in [0.15, 0.2) is 0 Å². The molecule has 0 aliphatic carbocycles. The molecule has 102 valence electrons. The van der Waals surface area contributed by atoms with Gasteiger partial charge in [-0.3, -0.25) is 19.8 Å². The average molecular weight is 256 g/mol. The summed E-state index contributed by atoms with van der Waals surface area (Å²) >= 11 is 0. The Bertz CT molecular complexity index is 332. The van der Waals surface area contributed by atoms with Crippen LogP contribution in [-0.2, 0) is 9.59 Å². The minimum absolute atomic E-state index is 0.0617. The molecule has 0 spiro atoms. The molecule has 1 rings (SSSR count). The number of urea groups is 1. The number of imide groups is 1. The van der Waals surface area contributed by atoms with Gasteiger partial charge >= 0.3 is 6.03 Å². The molecule has 0 aromatic heterocycles. The third-order valence-electron chi connectivity index (χ3n) is 2.88. The third-order valence-corrected chi connectivity index (χ3v) is 2.88. The highest BCUT2D eigenvalue weighted by Crippen LogP contribution is 2.02. The van der Waals surface area contributed by atoms with Crippen molar-refractivity contribution in [2.24, 2.45) is 0 Å². The van der Waals surface area contributed by atoms with Crippen molar-refractivity contribution in [3.63, 3.8) is 0 Å². The summed E-state index contributed by atoms with van der Waals surface area (Å²) in [6.45, 7) is 4.49. The maximum absolute atomic E-state index is 11.5. The van der Waals surface area contributed by atoms with Crippen LogP contribution in [0.25, 0.3) is 0 Å². The lowest BCUT2D eigenvalue weighted by Crippen LogP contribution is -2.44. The van der Waals surface area contributed by atoms with Crippen molar-refractivity contribution in [3.05, 3.63) is 0 Å². The van der Waals surface area contributed by atoms with E-state index in [2.05, 4.69) is 10.6 Å². The molecule has 0 unspecified atom stereocenters. The van der Waals surface area contributed by atoms with Crippen LogP contribution in [-0.4, -0.2) is 67.4 Å². The van der Waals surface area contributed by atoms with E-state index < -0.39 is 6.03 Å². The largest absolute Gasteiger partial charge is 0.342 e. The molecule has 0 saturated carbocycles. The maximum atomic E-state index is 11.5. The van der Waals surface area contributed by atoms with Crippen LogP contribution in [0.2, 0.25) is 0 Å². The van der Waals surface area contributed by atoms with E-state index in [0.717, 1.165) is 19.5 Å². The standard InChI is InChI=1S/C11H20N4O3/c1-9(16)15-5-3-4-14(6-7-15)8-10(17)13-11(18)12-2/h3-8H2,1-2H3,(H2,12,13,17,18). The Labute approximate surface area is 106 Å². The highest BCUT2D eigenvalue weighted by Gasteiger charge is 2.18. The van der Waals surface area contributed by atoms with Crippen LogP contribution in [0, 0.1) is 0 Å². The molecule has 7 heteroatoms. The van der Waals surface area contributed by atoms with Gasteiger partial charge in [-0.25, -0.2) is 4.79 Å². The zero-order valence-corrected chi connectivity index (χ0v) is 10.9. The van der Waals surface area contributed by atoms with E-state index in [4.69, 9.17) is 0 Å². The lowest BCUT2D eigenvalue weighted by atomic mass is 10.3. The number of carbonyl (C=O) groups excluding carboxylic acids is 3. The fourth-order valence-corrected chi connectivity index (χ4v) is 1.88. The van der Waals surface area contributed by atoms with E-state index in [9.17, 15) is 14.4 Å². The predicted octanol–water partition coefficient (Wildman–Crippen LogP) is -1.00. The van der Waals surface area contributed by atoms with Gasteiger partial charge in [-0.1, -0.05) is 0 Å². The Morgan fingerprint density at radius 3 is 2.44 bits per heavy atom. The quantitative estimate of drug-likeness (QED) is 0.664. The minimum atomic E-state index is -0.500. The van der Waals surface area contributed by atoms with Crippen LogP contribution in [0.4, 0.5) is 4.79 Å². The Morgan fingerprint density at radius 2 is 1.83 bits per heavy atom. The third kappa shape index (κ3) is 4.70. The summed E-state index contributed by atoms with van der Waals surface area (Å²) in [6, 6.07) is -0.500. The van der Waals surface area contributed by atoms with Crippen molar-refractivity contribution >= 4 is 17.8 Å². The summed E-state index contributed by atoms with van der Waals surface area (Å²) in [6.07, 6.45) is 0.840. The van der Waals surface area contributed by atoms with E-state index in [1.54, 1.807) is 11.8 Å². The number of hydrogen-bond acceptors (Lipinski definition) is 4. The van der Waals surface area contributed by atoms with Crippen molar-refractivity contribution in [1.29, 1.82) is 0 Å². The number of amides is 4. The van der Waals surface area contributed by atoms with Crippen LogP contribution in [0.15, 0.2) is 0 Å². The van der Waals surface area contributed by atoms with E-state index in [1.165, 1.54) is 7.05 Å². The Kier molecular flexibility index (Phi) is 5.57. The first-order valence-corrected chi connectivity index (χ1v) is 6.02. The molecule has 0 radical (unpaired) electrons. The summed E-state index contributed by atoms with van der Waals surface area (Å²) in [4.78, 5) is 37.4. The van der Waals surface area contributed by atoms with Crippen molar-refractivity contribution < 1.29 is 14.4 Å². The molecule has 1 aliphatic heterocycles. The summed E-state index contributed by atoms with van der Waals surface area (Å²) in [5.41, 5.74) is 0. The molecule has 2 N–H and O–H groups in total. The van der Waals surface area contributed by atoms with Crippen LogP contribution in [0.5, 0.6) is 0 Å². The zero-order valence-electron chi connectivity index (χ0n) is 10.9. The summed E-state index contributed by atoms with van der Waals surface area (Å²) < 4.78 is 0. The smallest absolute Gasteiger partial charge is 0.321 e. The Balaban J connectivity index is 2.37. The molecule has 1 saturated heterocycles. The summed E-state index contributed by atoms with van der Waals surface area (Å²) in [5, 5.41) is 4.55. The highest BCUT2D eigenvalue weighted by atomic mass is 16.2. The summed E-state index contributed by atoms with van der Waals surface area (Å²) in [5.74, 6) is -0.266. The van der Waals surface area contributed by atoms with Crippen molar-refractivity contribution in [2.45, 2.75) is 13.3 Å². The molecule has 1 heterocycles. The Hall–Kier alpha value is -1.63. The Morgan fingerprint density at radius 1 is 1.11 bits per heavy atom. The van der Waals surface area contributed by atoms with E-state index in [0.29, 0.717) is 13.1 Å². The lowest BCUT2D eigenvalue weighted by Gasteiger charge is -2.20. The SMILES string of the molecule is CNC(=O)NC(=O)CN1CCCN(C(C)=O)CC1. The summed E-state index contributed by atoms with van der Waals surface area (Å²) in [7, 11) is 1.46. The van der Waals surface area contributed by atoms with E-state index in [-0.39, 0.29) is 18.4 Å². The number of nitrogens with zero attached hydrogens (tertiary/aromatic N) is 2. The van der Waals surface area contributed by atoms with Gasteiger partial charge < -0.3 is 10.2 Å². The van der Waals surface area contributed by atoms with E-state index >= 15 is 0 Å². The second-order valence-corrected chi connectivity index (χ2v) is 4.26. The van der Waals surface area contributed by atoms with Crippen molar-refractivity contribution in [3.8, 4) is 0 Å². The minimum Gasteiger partial charge on any atom is -0.342 e. The van der Waals surface area contributed by atoms with Crippen LogP contribution in [0.1, 0.15) is 13.3 Å². The van der Waals surface area contributed by atoms with Crippen LogP contribution >= 0.6 is 0 Å². The van der Waals surface area contributed by atoms with Crippen molar-refractivity contribution in [2.75, 3.05) is 39.8 Å². The monoisotopic (exact) mass is 256 g/mol. The van der Waals surface area contributed by atoms with Crippen LogP contribution < -0.4 is 10.6 Å². The zero-order chi connectivity index (χ0) is 13.5. The number of hydrogen-bond donors (Lipinski definition) is 2. The second kappa shape index (κ2) is 6.95. The molecule has 0 bridgehead atoms. The molecule has 0 atom stereocenters. The first-order valence-electron chi connectivity index (χ1n) is 6.02. The molecule has 1 aliphatic rings. The van der Waals surface area contributed by atoms with Gasteiger partial charge in [-0.05, 0) is 6.42 Å². The molecule has 0 aromatic carbocycles. The van der Waals surface area contributed by atoms with Gasteiger partial charge in [-0.2, -0.15) is 0 Å². The second-order valence-electron chi connectivity index (χ2n) is 4.26. The first-order chi connectivity index (χ1) is 8.52. The highest BCUT2D eigenvalue weighted by molar-refractivity contribution is 5.95. The molecular formula is C11H20N4O3. The van der Waals surface area contributed by atoms with Gasteiger partial charge in [0.2, 0.25) is 11.8 Å². The molecule has 18 heavy (non-hydrogen) atoms. The van der Waals surface area contributed by atoms with Gasteiger partial charge in [0, 0.05) is 40.2 Å². The van der Waals surface area contributed by atoms with Gasteiger partial charge in [-0.15, -0.1) is 0 Å². The molecule has 4 amide bonds. The van der Waals surface area contributed by atoms with Gasteiger partial charge in [0.1, 0.15) is 0 Å². The fraction of sp³-hybridized carbons (Fsp3) is 0.727. The lowest BCUT2D eigenvalue weighted by molar-refractivity contribution is -0.128. The normalized spacial score (nSPS) is 16.9. The van der Waals surface area contributed by atoms with Crippen LogP contribution in [0.3, 0.4) is 0 Å². The number of carbonyl (C=O) groups is 3. The number of rotatable bonds is 2. The molecule has 1 fully saturated rings. The molecule has 7 nitrogen and oxygen atoms in total. The topological polar surface area (TPSA) is 81.8 Å². The van der Waals surface area contributed by atoms with E-state index in [1.807, 2.05) is 4.90 Å². The predicted molar refractivity (Wildman–Crippen MR) is 65.9 cm³/mol. The molecular weight excluding hydrogens is 236 g/mol. The average Bonchev–Trinajstić information content (AvgIpc) is 2.54. The molecule has 0 aromatic rings.